The standard InChI is InChI=1S/C11H15N3O3S/c1-3-8-9(18-13-12-8)10(15)14-4-7(5-14)6(2)11(16)17/h6-7H,3-5H2,1-2H3,(H,16,17). The van der Waals surface area contributed by atoms with Gasteiger partial charge in [0.05, 0.1) is 11.6 Å². The number of amides is 1. The Morgan fingerprint density at radius 2 is 2.22 bits per heavy atom. The van der Waals surface area contributed by atoms with Crippen molar-refractivity contribution in [3.63, 3.8) is 0 Å². The first-order chi connectivity index (χ1) is 8.54. The monoisotopic (exact) mass is 269 g/mol. The quantitative estimate of drug-likeness (QED) is 0.877. The summed E-state index contributed by atoms with van der Waals surface area (Å²) in [5.74, 6) is -1.23. The van der Waals surface area contributed by atoms with Crippen molar-refractivity contribution in [1.82, 2.24) is 14.5 Å². The van der Waals surface area contributed by atoms with E-state index in [0.717, 1.165) is 17.2 Å². The second-order valence-corrected chi connectivity index (χ2v) is 5.25. The maximum atomic E-state index is 12.1. The minimum absolute atomic E-state index is 0.0532. The SMILES string of the molecule is CCc1nnsc1C(=O)N1CC(C(C)C(=O)O)C1. The molecule has 1 amide bonds. The first-order valence-corrected chi connectivity index (χ1v) is 6.65. The van der Waals surface area contributed by atoms with Crippen LogP contribution in [0.2, 0.25) is 0 Å². The van der Waals surface area contributed by atoms with Crippen molar-refractivity contribution in [2.45, 2.75) is 20.3 Å². The lowest BCUT2D eigenvalue weighted by molar-refractivity contribution is -0.144. The van der Waals surface area contributed by atoms with Crippen molar-refractivity contribution < 1.29 is 14.7 Å². The Balaban J connectivity index is 1.96. The highest BCUT2D eigenvalue weighted by atomic mass is 32.1. The van der Waals surface area contributed by atoms with Crippen LogP contribution in [0.25, 0.3) is 0 Å². The van der Waals surface area contributed by atoms with E-state index in [4.69, 9.17) is 5.11 Å². The molecule has 18 heavy (non-hydrogen) atoms. The number of carboxylic acids is 1. The second-order valence-electron chi connectivity index (χ2n) is 4.50. The van der Waals surface area contributed by atoms with Crippen LogP contribution in [0.3, 0.4) is 0 Å². The molecule has 1 aromatic heterocycles. The summed E-state index contributed by atoms with van der Waals surface area (Å²) < 4.78 is 3.79. The van der Waals surface area contributed by atoms with Gasteiger partial charge in [-0.15, -0.1) is 5.10 Å². The number of hydrogen-bond acceptors (Lipinski definition) is 5. The van der Waals surface area contributed by atoms with E-state index in [2.05, 4.69) is 9.59 Å². The minimum atomic E-state index is -0.805. The highest BCUT2D eigenvalue weighted by molar-refractivity contribution is 7.08. The van der Waals surface area contributed by atoms with Gasteiger partial charge in [-0.3, -0.25) is 9.59 Å². The summed E-state index contributed by atoms with van der Waals surface area (Å²) in [6.07, 6.45) is 0.681. The van der Waals surface area contributed by atoms with Crippen LogP contribution in [0.15, 0.2) is 0 Å². The molecule has 1 unspecified atom stereocenters. The molecule has 1 atom stereocenters. The zero-order chi connectivity index (χ0) is 13.3. The number of likely N-dealkylation sites (tertiary alicyclic amines) is 1. The van der Waals surface area contributed by atoms with Gasteiger partial charge in [0.25, 0.3) is 5.91 Å². The number of aliphatic carboxylic acids is 1. The Labute approximate surface area is 109 Å². The van der Waals surface area contributed by atoms with E-state index >= 15 is 0 Å². The summed E-state index contributed by atoms with van der Waals surface area (Å²) in [6.45, 7) is 4.63. The normalized spacial score (nSPS) is 17.3. The van der Waals surface area contributed by atoms with Crippen molar-refractivity contribution in [2.75, 3.05) is 13.1 Å². The molecule has 0 aliphatic carbocycles. The smallest absolute Gasteiger partial charge is 0.306 e. The Morgan fingerprint density at radius 1 is 1.56 bits per heavy atom. The molecule has 0 radical (unpaired) electrons. The summed E-state index contributed by atoms with van der Waals surface area (Å²) in [7, 11) is 0. The second kappa shape index (κ2) is 5.01. The van der Waals surface area contributed by atoms with Crippen molar-refractivity contribution in [1.29, 1.82) is 0 Å². The van der Waals surface area contributed by atoms with E-state index in [1.54, 1.807) is 11.8 Å². The Kier molecular flexibility index (Phi) is 3.60. The highest BCUT2D eigenvalue weighted by Crippen LogP contribution is 2.27. The third-order valence-electron chi connectivity index (χ3n) is 3.38. The van der Waals surface area contributed by atoms with Gasteiger partial charge in [-0.05, 0) is 18.0 Å². The maximum Gasteiger partial charge on any atom is 0.306 e. The zero-order valence-electron chi connectivity index (χ0n) is 10.3. The van der Waals surface area contributed by atoms with Gasteiger partial charge < -0.3 is 10.0 Å². The van der Waals surface area contributed by atoms with E-state index in [1.807, 2.05) is 6.92 Å². The number of carboxylic acid groups (broad SMARTS) is 1. The average Bonchev–Trinajstić information content (AvgIpc) is 2.74. The molecule has 7 heteroatoms. The molecule has 6 nitrogen and oxygen atoms in total. The summed E-state index contributed by atoms with van der Waals surface area (Å²) in [5, 5.41) is 12.8. The zero-order valence-corrected chi connectivity index (χ0v) is 11.1. The van der Waals surface area contributed by atoms with Gasteiger partial charge >= 0.3 is 5.97 Å². The van der Waals surface area contributed by atoms with Gasteiger partial charge in [0.15, 0.2) is 0 Å². The molecule has 0 bridgehead atoms. The van der Waals surface area contributed by atoms with Gasteiger partial charge in [-0.1, -0.05) is 18.3 Å². The van der Waals surface area contributed by atoms with Gasteiger partial charge in [0.2, 0.25) is 0 Å². The van der Waals surface area contributed by atoms with E-state index in [1.165, 1.54) is 0 Å². The van der Waals surface area contributed by atoms with Gasteiger partial charge in [-0.25, -0.2) is 0 Å². The minimum Gasteiger partial charge on any atom is -0.481 e. The molecule has 1 fully saturated rings. The number of hydrogen-bond donors (Lipinski definition) is 1. The number of aryl methyl sites for hydroxylation is 1. The molecule has 1 aliphatic heterocycles. The fourth-order valence-corrected chi connectivity index (χ4v) is 2.66. The number of nitrogens with zero attached hydrogens (tertiary/aromatic N) is 3. The summed E-state index contributed by atoms with van der Waals surface area (Å²) in [4.78, 5) is 25.2. The molecule has 0 aromatic carbocycles. The van der Waals surface area contributed by atoms with Crippen LogP contribution < -0.4 is 0 Å². The number of rotatable bonds is 4. The van der Waals surface area contributed by atoms with E-state index in [-0.39, 0.29) is 11.8 Å². The third kappa shape index (κ3) is 2.22. The molecule has 98 valence electrons. The molecule has 1 saturated heterocycles. The number of aromatic nitrogens is 2. The molecule has 2 heterocycles. The topological polar surface area (TPSA) is 83.4 Å². The van der Waals surface area contributed by atoms with Crippen LogP contribution >= 0.6 is 11.5 Å². The summed E-state index contributed by atoms with van der Waals surface area (Å²) in [5.41, 5.74) is 0.722. The Hall–Kier alpha value is -1.50. The van der Waals surface area contributed by atoms with Crippen LogP contribution in [-0.2, 0) is 11.2 Å². The van der Waals surface area contributed by atoms with Crippen LogP contribution in [0.1, 0.15) is 29.2 Å². The first kappa shape index (κ1) is 12.9. The van der Waals surface area contributed by atoms with Crippen LogP contribution in [0.4, 0.5) is 0 Å². The van der Waals surface area contributed by atoms with E-state index < -0.39 is 11.9 Å². The average molecular weight is 269 g/mol. The Morgan fingerprint density at radius 3 is 2.78 bits per heavy atom. The third-order valence-corrected chi connectivity index (χ3v) is 4.13. The van der Waals surface area contributed by atoms with Crippen LogP contribution in [-0.4, -0.2) is 44.6 Å². The molecule has 1 aliphatic rings. The van der Waals surface area contributed by atoms with E-state index in [9.17, 15) is 9.59 Å². The molecule has 1 aromatic rings. The van der Waals surface area contributed by atoms with Crippen molar-refractivity contribution >= 4 is 23.4 Å². The highest BCUT2D eigenvalue weighted by Gasteiger charge is 2.38. The first-order valence-electron chi connectivity index (χ1n) is 5.87. The lowest BCUT2D eigenvalue weighted by Crippen LogP contribution is -2.53. The lowest BCUT2D eigenvalue weighted by Gasteiger charge is -2.40. The Bertz CT molecular complexity index is 468. The predicted molar refractivity (Wildman–Crippen MR) is 65.5 cm³/mol. The molecule has 0 saturated carbocycles. The van der Waals surface area contributed by atoms with Gasteiger partial charge in [0, 0.05) is 19.0 Å². The lowest BCUT2D eigenvalue weighted by atomic mass is 9.87. The van der Waals surface area contributed by atoms with Crippen LogP contribution in [0, 0.1) is 11.8 Å². The summed E-state index contributed by atoms with van der Waals surface area (Å²) in [6, 6.07) is 0. The van der Waals surface area contributed by atoms with Crippen molar-refractivity contribution in [3.8, 4) is 0 Å². The number of carbonyl (C=O) groups is 2. The molecule has 2 rings (SSSR count). The molecule has 0 spiro atoms. The maximum absolute atomic E-state index is 12.1. The fourth-order valence-electron chi connectivity index (χ4n) is 1.94. The number of carbonyl (C=O) groups excluding carboxylic acids is 1. The predicted octanol–water partition coefficient (Wildman–Crippen LogP) is 0.893. The molecule has 1 N–H and O–H groups in total. The molecular weight excluding hydrogens is 254 g/mol. The van der Waals surface area contributed by atoms with Gasteiger partial charge in [-0.2, -0.15) is 0 Å². The largest absolute Gasteiger partial charge is 0.481 e. The van der Waals surface area contributed by atoms with Crippen molar-refractivity contribution in [3.05, 3.63) is 10.6 Å². The molecular formula is C11H15N3O3S. The fraction of sp³-hybridized carbons (Fsp3) is 0.636. The van der Waals surface area contributed by atoms with E-state index in [0.29, 0.717) is 24.4 Å². The van der Waals surface area contributed by atoms with Crippen molar-refractivity contribution in [2.24, 2.45) is 11.8 Å². The van der Waals surface area contributed by atoms with Gasteiger partial charge in [0.1, 0.15) is 4.88 Å². The summed E-state index contributed by atoms with van der Waals surface area (Å²) >= 11 is 1.11. The van der Waals surface area contributed by atoms with Crippen LogP contribution in [0.5, 0.6) is 0 Å².